The highest BCUT2D eigenvalue weighted by atomic mass is 32.1. The van der Waals surface area contributed by atoms with Crippen molar-refractivity contribution in [3.8, 4) is 0 Å². The Morgan fingerprint density at radius 3 is 2.56 bits per heavy atom. The van der Waals surface area contributed by atoms with Crippen LogP contribution in [-0.4, -0.2) is 16.9 Å². The number of rotatable bonds is 2. The lowest BCUT2D eigenvalue weighted by Crippen LogP contribution is -2.41. The van der Waals surface area contributed by atoms with E-state index in [9.17, 15) is 0 Å². The summed E-state index contributed by atoms with van der Waals surface area (Å²) in [6, 6.07) is 0.558. The molecule has 0 unspecified atom stereocenters. The van der Waals surface area contributed by atoms with Crippen molar-refractivity contribution < 1.29 is 0 Å². The van der Waals surface area contributed by atoms with E-state index in [1.165, 1.54) is 57.1 Å². The van der Waals surface area contributed by atoms with E-state index in [0.29, 0.717) is 17.1 Å². The molecule has 0 heterocycles. The van der Waals surface area contributed by atoms with Gasteiger partial charge in [0.25, 0.3) is 0 Å². The molecule has 0 spiro atoms. The van der Waals surface area contributed by atoms with E-state index < -0.39 is 0 Å². The zero-order valence-corrected chi connectivity index (χ0v) is 12.2. The van der Waals surface area contributed by atoms with E-state index in [-0.39, 0.29) is 0 Å². The molecular formula is C14H25N3S. The minimum absolute atomic E-state index is 0.558. The van der Waals surface area contributed by atoms with Crippen LogP contribution in [0, 0.1) is 5.92 Å². The molecule has 0 bridgehead atoms. The molecule has 0 aromatic rings. The van der Waals surface area contributed by atoms with Gasteiger partial charge in [0.15, 0.2) is 5.11 Å². The van der Waals surface area contributed by atoms with E-state index in [4.69, 9.17) is 12.2 Å². The maximum Gasteiger partial charge on any atom is 0.187 e. The van der Waals surface area contributed by atoms with Crippen molar-refractivity contribution >= 4 is 23.0 Å². The van der Waals surface area contributed by atoms with Gasteiger partial charge in [-0.1, -0.05) is 32.6 Å². The summed E-state index contributed by atoms with van der Waals surface area (Å²) in [5, 5.41) is 8.58. The van der Waals surface area contributed by atoms with Crippen LogP contribution in [0.15, 0.2) is 5.10 Å². The third kappa shape index (κ3) is 4.23. The van der Waals surface area contributed by atoms with Crippen LogP contribution in [0.25, 0.3) is 0 Å². The monoisotopic (exact) mass is 267 g/mol. The van der Waals surface area contributed by atoms with Crippen LogP contribution < -0.4 is 10.7 Å². The van der Waals surface area contributed by atoms with E-state index >= 15 is 0 Å². The molecule has 0 amide bonds. The summed E-state index contributed by atoms with van der Waals surface area (Å²) in [5.41, 5.74) is 4.32. The SMILES string of the molecule is C[C@@H]1CCCCC1=NNC(=S)NC1CCCCC1. The first-order valence-electron chi connectivity index (χ1n) is 7.38. The summed E-state index contributed by atoms with van der Waals surface area (Å²) in [7, 11) is 0. The fraction of sp³-hybridized carbons (Fsp3) is 0.857. The molecule has 102 valence electrons. The lowest BCUT2D eigenvalue weighted by atomic mass is 9.89. The number of nitrogens with one attached hydrogen (secondary N) is 2. The molecule has 0 radical (unpaired) electrons. The third-order valence-corrected chi connectivity index (χ3v) is 4.34. The van der Waals surface area contributed by atoms with Crippen LogP contribution in [0.1, 0.15) is 64.7 Å². The molecule has 0 aromatic carbocycles. The van der Waals surface area contributed by atoms with Crippen molar-refractivity contribution in [1.82, 2.24) is 10.7 Å². The Kier molecular flexibility index (Phi) is 5.42. The van der Waals surface area contributed by atoms with Crippen LogP contribution in [0.4, 0.5) is 0 Å². The first-order chi connectivity index (χ1) is 8.75. The second kappa shape index (κ2) is 7.07. The zero-order chi connectivity index (χ0) is 12.8. The van der Waals surface area contributed by atoms with Crippen molar-refractivity contribution in [2.75, 3.05) is 0 Å². The van der Waals surface area contributed by atoms with Gasteiger partial charge in [-0.15, -0.1) is 0 Å². The fourth-order valence-electron chi connectivity index (χ4n) is 2.92. The fourth-order valence-corrected chi connectivity index (χ4v) is 3.14. The topological polar surface area (TPSA) is 36.4 Å². The molecule has 1 atom stereocenters. The Bertz CT molecular complexity index is 308. The van der Waals surface area contributed by atoms with Crippen LogP contribution in [0.5, 0.6) is 0 Å². The third-order valence-electron chi connectivity index (χ3n) is 4.13. The predicted octanol–water partition coefficient (Wildman–Crippen LogP) is 3.35. The first kappa shape index (κ1) is 13.8. The number of hydrazone groups is 1. The number of hydrogen-bond acceptors (Lipinski definition) is 2. The number of hydrogen-bond donors (Lipinski definition) is 2. The van der Waals surface area contributed by atoms with Crippen LogP contribution >= 0.6 is 12.2 Å². The van der Waals surface area contributed by atoms with Gasteiger partial charge < -0.3 is 5.32 Å². The van der Waals surface area contributed by atoms with Gasteiger partial charge in [-0.3, -0.25) is 5.43 Å². The normalized spacial score (nSPS) is 28.1. The lowest BCUT2D eigenvalue weighted by Gasteiger charge is -2.24. The van der Waals surface area contributed by atoms with E-state index in [1.54, 1.807) is 0 Å². The molecular weight excluding hydrogens is 242 g/mol. The van der Waals surface area contributed by atoms with Gasteiger partial charge in [-0.05, 0) is 50.2 Å². The molecule has 3 nitrogen and oxygen atoms in total. The van der Waals surface area contributed by atoms with Gasteiger partial charge in [0.1, 0.15) is 0 Å². The molecule has 2 saturated carbocycles. The number of thiocarbonyl (C=S) groups is 1. The predicted molar refractivity (Wildman–Crippen MR) is 80.8 cm³/mol. The largest absolute Gasteiger partial charge is 0.359 e. The minimum Gasteiger partial charge on any atom is -0.359 e. The number of nitrogens with zero attached hydrogens (tertiary/aromatic N) is 1. The van der Waals surface area contributed by atoms with Gasteiger partial charge in [-0.25, -0.2) is 0 Å². The summed E-state index contributed by atoms with van der Waals surface area (Å²) in [6.45, 7) is 2.26. The molecule has 18 heavy (non-hydrogen) atoms. The average Bonchev–Trinajstić information content (AvgIpc) is 2.39. The summed E-state index contributed by atoms with van der Waals surface area (Å²) in [5.74, 6) is 0.615. The molecule has 2 aliphatic carbocycles. The molecule has 0 aromatic heterocycles. The van der Waals surface area contributed by atoms with Crippen molar-refractivity contribution in [2.45, 2.75) is 70.8 Å². The van der Waals surface area contributed by atoms with Gasteiger partial charge in [-0.2, -0.15) is 5.10 Å². The summed E-state index contributed by atoms with van der Waals surface area (Å²) >= 11 is 5.31. The Balaban J connectivity index is 1.74. The summed E-state index contributed by atoms with van der Waals surface area (Å²) in [4.78, 5) is 0. The lowest BCUT2D eigenvalue weighted by molar-refractivity contribution is 0.412. The van der Waals surface area contributed by atoms with Crippen molar-refractivity contribution in [3.05, 3.63) is 0 Å². The quantitative estimate of drug-likeness (QED) is 0.595. The van der Waals surface area contributed by atoms with Gasteiger partial charge in [0, 0.05) is 11.8 Å². The maximum atomic E-state index is 5.31. The Morgan fingerprint density at radius 1 is 1.11 bits per heavy atom. The molecule has 4 heteroatoms. The molecule has 2 aliphatic rings. The average molecular weight is 267 g/mol. The molecule has 2 N–H and O–H groups in total. The molecule has 0 aliphatic heterocycles. The standard InChI is InChI=1S/C14H25N3S/c1-11-7-5-6-10-13(11)16-17-14(18)15-12-8-3-2-4-9-12/h11-12H,2-10H2,1H3,(H2,15,17,18)/t11-/m1/s1. The van der Waals surface area contributed by atoms with Crippen LogP contribution in [0.3, 0.4) is 0 Å². The van der Waals surface area contributed by atoms with Crippen LogP contribution in [0.2, 0.25) is 0 Å². The first-order valence-corrected chi connectivity index (χ1v) is 7.79. The summed E-state index contributed by atoms with van der Waals surface area (Å²) < 4.78 is 0. The second-order valence-corrected chi connectivity index (χ2v) is 6.08. The Labute approximate surface area is 116 Å². The van der Waals surface area contributed by atoms with E-state index in [1.807, 2.05) is 0 Å². The van der Waals surface area contributed by atoms with Gasteiger partial charge >= 0.3 is 0 Å². The smallest absolute Gasteiger partial charge is 0.187 e. The summed E-state index contributed by atoms with van der Waals surface area (Å²) in [6.07, 6.45) is 11.5. The molecule has 0 saturated heterocycles. The van der Waals surface area contributed by atoms with E-state index in [2.05, 4.69) is 22.8 Å². The van der Waals surface area contributed by atoms with E-state index in [0.717, 1.165) is 6.42 Å². The highest BCUT2D eigenvalue weighted by molar-refractivity contribution is 7.80. The van der Waals surface area contributed by atoms with Gasteiger partial charge in [0.2, 0.25) is 0 Å². The Morgan fingerprint density at radius 2 is 1.83 bits per heavy atom. The van der Waals surface area contributed by atoms with Crippen LogP contribution in [-0.2, 0) is 0 Å². The van der Waals surface area contributed by atoms with Crippen molar-refractivity contribution in [3.63, 3.8) is 0 Å². The van der Waals surface area contributed by atoms with Gasteiger partial charge in [0.05, 0.1) is 0 Å². The minimum atomic E-state index is 0.558. The molecule has 2 fully saturated rings. The Hall–Kier alpha value is -0.640. The highest BCUT2D eigenvalue weighted by Crippen LogP contribution is 2.20. The zero-order valence-electron chi connectivity index (χ0n) is 11.4. The second-order valence-electron chi connectivity index (χ2n) is 5.67. The highest BCUT2D eigenvalue weighted by Gasteiger charge is 2.16. The maximum absolute atomic E-state index is 5.31. The molecule has 2 rings (SSSR count). The van der Waals surface area contributed by atoms with Crippen molar-refractivity contribution in [2.24, 2.45) is 11.0 Å². The van der Waals surface area contributed by atoms with Crippen molar-refractivity contribution in [1.29, 1.82) is 0 Å².